The minimum Gasteiger partial charge on any atom is -0.466 e. The number of cyclic esters (lactones) is 1. The van der Waals surface area contributed by atoms with Gasteiger partial charge in [0, 0.05) is 18.8 Å². The average Bonchev–Trinajstić information content (AvgIpc) is 3.36. The highest BCUT2D eigenvalue weighted by molar-refractivity contribution is 6.30. The van der Waals surface area contributed by atoms with Crippen LogP contribution in [0.4, 0.5) is 16.2 Å². The summed E-state index contributed by atoms with van der Waals surface area (Å²) in [6, 6.07) is 4.08. The molecular formula is C21H22ClN5O4. The SMILES string of the molecule is CN(CCC1CN(c2cnc3c(c2)NC(=O)CO3)C(=O)O1)C1Cc2ccnc(Cl)c2C1. The third kappa shape index (κ3) is 3.90. The van der Waals surface area contributed by atoms with E-state index in [4.69, 9.17) is 21.1 Å². The number of pyridine rings is 2. The third-order valence-corrected chi connectivity index (χ3v) is 6.38. The molecule has 162 valence electrons. The van der Waals surface area contributed by atoms with Gasteiger partial charge < -0.3 is 19.7 Å². The molecule has 0 bridgehead atoms. The minimum atomic E-state index is -0.413. The van der Waals surface area contributed by atoms with E-state index < -0.39 is 6.09 Å². The quantitative estimate of drug-likeness (QED) is 0.708. The summed E-state index contributed by atoms with van der Waals surface area (Å²) >= 11 is 6.23. The molecule has 1 aliphatic carbocycles. The lowest BCUT2D eigenvalue weighted by atomic mass is 10.1. The average molecular weight is 444 g/mol. The van der Waals surface area contributed by atoms with Crippen molar-refractivity contribution < 1.29 is 19.1 Å². The van der Waals surface area contributed by atoms with Gasteiger partial charge in [-0.2, -0.15) is 0 Å². The Morgan fingerprint density at radius 2 is 2.19 bits per heavy atom. The molecule has 1 saturated heterocycles. The van der Waals surface area contributed by atoms with Crippen molar-refractivity contribution in [1.82, 2.24) is 14.9 Å². The standard InChI is InChI=1S/C21H22ClN5O4/c1-26(13-6-12-2-4-23-19(22)16(12)7-13)5-3-15-10-27(21(29)31-15)14-8-17-20(24-9-14)30-11-18(28)25-17/h2,4,8-9,13,15H,3,5-7,10-11H2,1H3,(H,25,28). The van der Waals surface area contributed by atoms with E-state index in [-0.39, 0.29) is 18.6 Å². The molecule has 0 aromatic carbocycles. The zero-order valence-corrected chi connectivity index (χ0v) is 17.8. The van der Waals surface area contributed by atoms with Crippen molar-refractivity contribution in [1.29, 1.82) is 0 Å². The third-order valence-electron chi connectivity index (χ3n) is 6.06. The molecule has 2 unspecified atom stereocenters. The largest absolute Gasteiger partial charge is 0.466 e. The maximum Gasteiger partial charge on any atom is 0.414 e. The first-order chi connectivity index (χ1) is 15.0. The molecule has 2 amide bonds. The number of aromatic nitrogens is 2. The van der Waals surface area contributed by atoms with Crippen LogP contribution in [-0.4, -0.2) is 65.8 Å². The number of ether oxygens (including phenoxy) is 2. The van der Waals surface area contributed by atoms with E-state index in [1.54, 1.807) is 18.5 Å². The molecule has 1 N–H and O–H groups in total. The first-order valence-electron chi connectivity index (χ1n) is 10.2. The fourth-order valence-corrected chi connectivity index (χ4v) is 4.56. The van der Waals surface area contributed by atoms with Crippen molar-refractivity contribution in [3.8, 4) is 5.88 Å². The molecule has 5 rings (SSSR count). The predicted molar refractivity (Wildman–Crippen MR) is 114 cm³/mol. The number of nitrogens with zero attached hydrogens (tertiary/aromatic N) is 4. The number of nitrogens with one attached hydrogen (secondary N) is 1. The van der Waals surface area contributed by atoms with Crippen LogP contribution in [0.15, 0.2) is 24.5 Å². The molecule has 0 spiro atoms. The highest BCUT2D eigenvalue weighted by Gasteiger charge is 2.34. The van der Waals surface area contributed by atoms with Gasteiger partial charge in [0.2, 0.25) is 5.88 Å². The Bertz CT molecular complexity index is 1050. The first-order valence-corrected chi connectivity index (χ1v) is 10.6. The maximum atomic E-state index is 12.4. The van der Waals surface area contributed by atoms with Crippen LogP contribution in [0.3, 0.4) is 0 Å². The zero-order valence-electron chi connectivity index (χ0n) is 17.0. The van der Waals surface area contributed by atoms with E-state index in [0.29, 0.717) is 35.0 Å². The molecule has 2 aromatic rings. The summed E-state index contributed by atoms with van der Waals surface area (Å²) in [6.07, 6.45) is 5.22. The Balaban J connectivity index is 1.18. The molecule has 2 aromatic heterocycles. The van der Waals surface area contributed by atoms with Gasteiger partial charge in [-0.3, -0.25) is 9.69 Å². The van der Waals surface area contributed by atoms with Crippen molar-refractivity contribution >= 4 is 35.0 Å². The fraction of sp³-hybridized carbons (Fsp3) is 0.429. The van der Waals surface area contributed by atoms with Gasteiger partial charge in [0.15, 0.2) is 6.61 Å². The van der Waals surface area contributed by atoms with Crippen molar-refractivity contribution in [2.45, 2.75) is 31.4 Å². The highest BCUT2D eigenvalue weighted by Crippen LogP contribution is 2.32. The fourth-order valence-electron chi connectivity index (χ4n) is 4.31. The lowest BCUT2D eigenvalue weighted by molar-refractivity contribution is -0.118. The maximum absolute atomic E-state index is 12.4. The summed E-state index contributed by atoms with van der Waals surface area (Å²) in [6.45, 7) is 1.17. The van der Waals surface area contributed by atoms with Crippen molar-refractivity contribution in [2.75, 3.05) is 37.0 Å². The number of likely N-dealkylation sites (N-methyl/N-ethyl adjacent to an activating group) is 1. The van der Waals surface area contributed by atoms with Gasteiger partial charge in [0.05, 0.1) is 18.4 Å². The molecule has 0 radical (unpaired) electrons. The van der Waals surface area contributed by atoms with Crippen molar-refractivity contribution in [3.05, 3.63) is 40.8 Å². The predicted octanol–water partition coefficient (Wildman–Crippen LogP) is 2.28. The summed E-state index contributed by atoms with van der Waals surface area (Å²) in [7, 11) is 2.09. The zero-order chi connectivity index (χ0) is 21.5. The van der Waals surface area contributed by atoms with Crippen LogP contribution in [0.2, 0.25) is 5.15 Å². The summed E-state index contributed by atoms with van der Waals surface area (Å²) in [5, 5.41) is 3.30. The van der Waals surface area contributed by atoms with E-state index in [0.717, 1.165) is 31.4 Å². The Kier molecular flexibility index (Phi) is 5.15. The number of hydrogen-bond acceptors (Lipinski definition) is 7. The molecular weight excluding hydrogens is 422 g/mol. The van der Waals surface area contributed by atoms with Crippen LogP contribution in [0.1, 0.15) is 17.5 Å². The molecule has 3 aliphatic rings. The van der Waals surface area contributed by atoms with Crippen LogP contribution in [0, 0.1) is 0 Å². The van der Waals surface area contributed by atoms with Gasteiger partial charge in [-0.05, 0) is 49.6 Å². The van der Waals surface area contributed by atoms with Gasteiger partial charge >= 0.3 is 6.09 Å². The van der Waals surface area contributed by atoms with Crippen molar-refractivity contribution in [3.63, 3.8) is 0 Å². The lowest BCUT2D eigenvalue weighted by Gasteiger charge is -2.25. The molecule has 1 fully saturated rings. The number of halogens is 1. The number of carbonyl (C=O) groups is 2. The molecule has 2 aliphatic heterocycles. The summed E-state index contributed by atoms with van der Waals surface area (Å²) in [4.78, 5) is 36.2. The van der Waals surface area contributed by atoms with E-state index in [9.17, 15) is 9.59 Å². The van der Waals surface area contributed by atoms with Crippen LogP contribution in [0.25, 0.3) is 0 Å². The van der Waals surface area contributed by atoms with Gasteiger partial charge in [-0.15, -0.1) is 0 Å². The van der Waals surface area contributed by atoms with E-state index >= 15 is 0 Å². The first kappa shape index (κ1) is 20.0. The van der Waals surface area contributed by atoms with E-state index in [1.807, 2.05) is 6.07 Å². The topological polar surface area (TPSA) is 96.9 Å². The van der Waals surface area contributed by atoms with Crippen LogP contribution >= 0.6 is 11.6 Å². The van der Waals surface area contributed by atoms with E-state index in [1.165, 1.54) is 10.5 Å². The number of carbonyl (C=O) groups excluding carboxylic acids is 2. The Morgan fingerprint density at radius 3 is 3.03 bits per heavy atom. The second-order valence-corrected chi connectivity index (χ2v) is 8.43. The van der Waals surface area contributed by atoms with Gasteiger partial charge in [-0.1, -0.05) is 11.6 Å². The monoisotopic (exact) mass is 443 g/mol. The molecule has 10 heteroatoms. The molecule has 4 heterocycles. The van der Waals surface area contributed by atoms with Crippen LogP contribution < -0.4 is 15.0 Å². The number of rotatable bonds is 5. The van der Waals surface area contributed by atoms with Crippen LogP contribution in [0.5, 0.6) is 5.88 Å². The number of fused-ring (bicyclic) bond motifs is 2. The summed E-state index contributed by atoms with van der Waals surface area (Å²) < 4.78 is 10.8. The number of amides is 2. The van der Waals surface area contributed by atoms with Crippen LogP contribution in [-0.2, 0) is 22.4 Å². The van der Waals surface area contributed by atoms with Gasteiger partial charge in [0.1, 0.15) is 16.9 Å². The summed E-state index contributed by atoms with van der Waals surface area (Å²) in [5.74, 6) is 0.101. The van der Waals surface area contributed by atoms with E-state index in [2.05, 4.69) is 27.2 Å². The van der Waals surface area contributed by atoms with Gasteiger partial charge in [0.25, 0.3) is 5.91 Å². The Morgan fingerprint density at radius 1 is 1.32 bits per heavy atom. The van der Waals surface area contributed by atoms with Crippen molar-refractivity contribution in [2.24, 2.45) is 0 Å². The minimum absolute atomic E-state index is 0.0600. The Hall–Kier alpha value is -2.91. The highest BCUT2D eigenvalue weighted by atomic mass is 35.5. The Labute approximate surface area is 184 Å². The normalized spacial score (nSPS) is 22.1. The lowest BCUT2D eigenvalue weighted by Crippen LogP contribution is -2.35. The molecule has 31 heavy (non-hydrogen) atoms. The summed E-state index contributed by atoms with van der Waals surface area (Å²) in [5.41, 5.74) is 3.42. The van der Waals surface area contributed by atoms with Gasteiger partial charge in [-0.25, -0.2) is 14.8 Å². The smallest absolute Gasteiger partial charge is 0.414 e. The molecule has 9 nitrogen and oxygen atoms in total. The number of anilines is 2. The second kappa shape index (κ2) is 7.97. The second-order valence-electron chi connectivity index (χ2n) is 8.07. The molecule has 2 atom stereocenters. The number of hydrogen-bond donors (Lipinski definition) is 1. The molecule has 0 saturated carbocycles.